The van der Waals surface area contributed by atoms with Crippen LogP contribution in [0.25, 0.3) is 87.1 Å². The largest absolute Gasteiger partial charge is 0.228 e. The van der Waals surface area contributed by atoms with E-state index in [9.17, 15) is 0 Å². The minimum atomic E-state index is -0.472. The first-order valence-corrected chi connectivity index (χ1v) is 21.3. The molecule has 2 heterocycles. The van der Waals surface area contributed by atoms with Gasteiger partial charge in [-0.15, -0.1) is 11.3 Å². The van der Waals surface area contributed by atoms with Gasteiger partial charge in [0, 0.05) is 36.9 Å². The molecular formula is C57H36N2S. The highest BCUT2D eigenvalue weighted by Crippen LogP contribution is 2.58. The molecule has 12 rings (SSSR count). The molecule has 0 spiro atoms. The van der Waals surface area contributed by atoms with Crippen molar-refractivity contribution in [1.29, 1.82) is 0 Å². The molecule has 3 heteroatoms. The summed E-state index contributed by atoms with van der Waals surface area (Å²) in [6.45, 7) is 0. The fourth-order valence-corrected chi connectivity index (χ4v) is 10.9. The Labute approximate surface area is 352 Å². The minimum absolute atomic E-state index is 0.472. The number of rotatable bonds is 6. The number of fused-ring (bicyclic) bond motifs is 7. The Bertz CT molecular complexity index is 3380. The Morgan fingerprint density at radius 2 is 0.883 bits per heavy atom. The highest BCUT2D eigenvalue weighted by atomic mass is 32.1. The first-order chi connectivity index (χ1) is 29.8. The molecule has 1 aliphatic rings. The van der Waals surface area contributed by atoms with E-state index in [2.05, 4.69) is 218 Å². The number of thiophene rings is 1. The number of aromatic nitrogens is 2. The van der Waals surface area contributed by atoms with Crippen LogP contribution in [0.15, 0.2) is 218 Å². The summed E-state index contributed by atoms with van der Waals surface area (Å²) in [5.41, 5.74) is 14.5. The first kappa shape index (κ1) is 34.6. The van der Waals surface area contributed by atoms with E-state index >= 15 is 0 Å². The van der Waals surface area contributed by atoms with Crippen molar-refractivity contribution in [2.45, 2.75) is 5.41 Å². The van der Waals surface area contributed by atoms with Gasteiger partial charge >= 0.3 is 0 Å². The lowest BCUT2D eigenvalue weighted by Gasteiger charge is -2.34. The molecule has 11 aromatic rings. The highest BCUT2D eigenvalue weighted by Gasteiger charge is 2.46. The van der Waals surface area contributed by atoms with E-state index in [-0.39, 0.29) is 0 Å². The van der Waals surface area contributed by atoms with Crippen LogP contribution in [0.1, 0.15) is 22.3 Å². The second kappa shape index (κ2) is 13.8. The molecule has 0 saturated carbocycles. The predicted octanol–water partition coefficient (Wildman–Crippen LogP) is 15.0. The van der Waals surface area contributed by atoms with Crippen molar-refractivity contribution < 1.29 is 0 Å². The summed E-state index contributed by atoms with van der Waals surface area (Å²) in [7, 11) is 0. The van der Waals surface area contributed by atoms with E-state index in [1.165, 1.54) is 70.1 Å². The Morgan fingerprint density at radius 1 is 0.333 bits per heavy atom. The van der Waals surface area contributed by atoms with Gasteiger partial charge in [0.2, 0.25) is 0 Å². The molecule has 0 atom stereocenters. The normalized spacial score (nSPS) is 12.8. The van der Waals surface area contributed by atoms with Crippen molar-refractivity contribution in [1.82, 2.24) is 9.97 Å². The third-order valence-electron chi connectivity index (χ3n) is 12.4. The van der Waals surface area contributed by atoms with Crippen molar-refractivity contribution in [3.05, 3.63) is 241 Å². The van der Waals surface area contributed by atoms with Crippen molar-refractivity contribution in [3.8, 4) is 56.2 Å². The molecule has 60 heavy (non-hydrogen) atoms. The van der Waals surface area contributed by atoms with Gasteiger partial charge in [0.25, 0.3) is 0 Å². The molecule has 2 nitrogen and oxygen atoms in total. The summed E-state index contributed by atoms with van der Waals surface area (Å²) in [4.78, 5) is 10.7. The highest BCUT2D eigenvalue weighted by molar-refractivity contribution is 7.25. The maximum Gasteiger partial charge on any atom is 0.161 e. The quantitative estimate of drug-likeness (QED) is 0.168. The van der Waals surface area contributed by atoms with Crippen molar-refractivity contribution in [2.24, 2.45) is 0 Å². The summed E-state index contributed by atoms with van der Waals surface area (Å²) in [6.07, 6.45) is 0. The summed E-state index contributed by atoms with van der Waals surface area (Å²) < 4.78 is 2.57. The predicted molar refractivity (Wildman–Crippen MR) is 251 cm³/mol. The van der Waals surface area contributed by atoms with Gasteiger partial charge in [-0.2, -0.15) is 0 Å². The van der Waals surface area contributed by atoms with Gasteiger partial charge in [0.05, 0.1) is 16.8 Å². The van der Waals surface area contributed by atoms with Gasteiger partial charge in [0.1, 0.15) is 0 Å². The zero-order valence-corrected chi connectivity index (χ0v) is 33.4. The van der Waals surface area contributed by atoms with Crippen LogP contribution in [0.3, 0.4) is 0 Å². The molecule has 0 bridgehead atoms. The van der Waals surface area contributed by atoms with Crippen LogP contribution in [0.4, 0.5) is 0 Å². The smallest absolute Gasteiger partial charge is 0.161 e. The average molecular weight is 781 g/mol. The van der Waals surface area contributed by atoms with E-state index in [4.69, 9.17) is 9.97 Å². The third-order valence-corrected chi connectivity index (χ3v) is 13.6. The van der Waals surface area contributed by atoms with E-state index in [0.29, 0.717) is 5.82 Å². The van der Waals surface area contributed by atoms with Crippen LogP contribution in [-0.2, 0) is 5.41 Å². The molecule has 0 amide bonds. The number of benzene rings is 9. The van der Waals surface area contributed by atoms with E-state index in [0.717, 1.165) is 33.5 Å². The Balaban J connectivity index is 1.08. The lowest BCUT2D eigenvalue weighted by atomic mass is 9.67. The SMILES string of the molecule is c1ccc(-c2cc(-c3ccc4sc5ccccc5c4c3)nc(-c3ccc(-c4cccc5c4-c4ccccc4C5(c4ccccc4)c4ccccc4)c4ccccc34)n2)cc1. The lowest BCUT2D eigenvalue weighted by Crippen LogP contribution is -2.28. The Hall–Kier alpha value is -7.46. The monoisotopic (exact) mass is 780 g/mol. The molecule has 1 aliphatic carbocycles. The van der Waals surface area contributed by atoms with E-state index in [1.807, 2.05) is 11.3 Å². The van der Waals surface area contributed by atoms with E-state index < -0.39 is 5.41 Å². The Kier molecular flexibility index (Phi) is 7.97. The summed E-state index contributed by atoms with van der Waals surface area (Å²) in [6, 6.07) is 79.2. The third kappa shape index (κ3) is 5.26. The van der Waals surface area contributed by atoms with Crippen molar-refractivity contribution >= 4 is 42.3 Å². The van der Waals surface area contributed by atoms with Gasteiger partial charge in [-0.05, 0) is 85.6 Å². The fourth-order valence-electron chi connectivity index (χ4n) is 9.80. The summed E-state index contributed by atoms with van der Waals surface area (Å²) in [5, 5.41) is 4.81. The standard InChI is InChI=1S/C57H36N2S/c1-4-17-37(18-5-1)51-36-52(38-31-34-54-48(35-38)44-25-13-15-30-53(44)60-54)59-56(58-51)46-33-32-43(41-23-10-11-24-42(41)46)45-27-16-29-50-55(45)47-26-12-14-28-49(47)57(50,39-19-6-2-7-20-39)40-21-8-3-9-22-40/h1-36H. The first-order valence-electron chi connectivity index (χ1n) is 20.5. The number of hydrogen-bond donors (Lipinski definition) is 0. The van der Waals surface area contributed by atoms with Crippen LogP contribution in [0.2, 0.25) is 0 Å². The molecule has 2 aromatic heterocycles. The molecule has 0 N–H and O–H groups in total. The average Bonchev–Trinajstić information content (AvgIpc) is 3.86. The van der Waals surface area contributed by atoms with E-state index in [1.54, 1.807) is 0 Å². The molecule has 0 fully saturated rings. The second-order valence-corrected chi connectivity index (χ2v) is 16.7. The maximum atomic E-state index is 5.39. The van der Waals surface area contributed by atoms with Crippen molar-refractivity contribution in [3.63, 3.8) is 0 Å². The zero-order valence-electron chi connectivity index (χ0n) is 32.6. The zero-order chi connectivity index (χ0) is 39.6. The molecule has 0 radical (unpaired) electrons. The molecule has 9 aromatic carbocycles. The van der Waals surface area contributed by atoms with Gasteiger partial charge in [0.15, 0.2) is 5.82 Å². The molecule has 0 saturated heterocycles. The van der Waals surface area contributed by atoms with Crippen LogP contribution in [0, 0.1) is 0 Å². The van der Waals surface area contributed by atoms with Gasteiger partial charge in [-0.3, -0.25) is 0 Å². The van der Waals surface area contributed by atoms with Crippen molar-refractivity contribution in [2.75, 3.05) is 0 Å². The fraction of sp³-hybridized carbons (Fsp3) is 0.0175. The van der Waals surface area contributed by atoms with Crippen LogP contribution in [0.5, 0.6) is 0 Å². The molecule has 280 valence electrons. The second-order valence-electron chi connectivity index (χ2n) is 15.6. The molecule has 0 unspecified atom stereocenters. The van der Waals surface area contributed by atoms with Gasteiger partial charge in [-0.1, -0.05) is 188 Å². The van der Waals surface area contributed by atoms with Gasteiger partial charge in [-0.25, -0.2) is 9.97 Å². The lowest BCUT2D eigenvalue weighted by molar-refractivity contribution is 0.768. The summed E-state index contributed by atoms with van der Waals surface area (Å²) >= 11 is 1.83. The Morgan fingerprint density at radius 3 is 1.63 bits per heavy atom. The minimum Gasteiger partial charge on any atom is -0.228 e. The van der Waals surface area contributed by atoms with Gasteiger partial charge < -0.3 is 0 Å². The topological polar surface area (TPSA) is 25.8 Å². The van der Waals surface area contributed by atoms with Crippen LogP contribution < -0.4 is 0 Å². The molecule has 0 aliphatic heterocycles. The molecular weight excluding hydrogens is 745 g/mol. The summed E-state index contributed by atoms with van der Waals surface area (Å²) in [5.74, 6) is 0.709. The van der Waals surface area contributed by atoms with Crippen LogP contribution in [-0.4, -0.2) is 9.97 Å². The number of hydrogen-bond acceptors (Lipinski definition) is 3. The van der Waals surface area contributed by atoms with Crippen LogP contribution >= 0.6 is 11.3 Å². The maximum absolute atomic E-state index is 5.39. The number of nitrogens with zero attached hydrogens (tertiary/aromatic N) is 2.